The predicted octanol–water partition coefficient (Wildman–Crippen LogP) is 2.21. The van der Waals surface area contributed by atoms with E-state index in [0.717, 1.165) is 4.68 Å². The molecule has 1 rings (SSSR count). The highest BCUT2D eigenvalue weighted by Crippen LogP contribution is 2.25. The minimum atomic E-state index is -4.93. The van der Waals surface area contributed by atoms with E-state index in [9.17, 15) is 22.4 Å². The molecule has 16 heavy (non-hydrogen) atoms. The monoisotopic (exact) mass is 238 g/mol. The Morgan fingerprint density at radius 3 is 2.38 bits per heavy atom. The zero-order chi connectivity index (χ0) is 12.5. The van der Waals surface area contributed by atoms with Crippen molar-refractivity contribution in [2.75, 3.05) is 6.67 Å². The molecular weight excluding hydrogens is 228 g/mol. The highest BCUT2D eigenvalue weighted by molar-refractivity contribution is 6.02. The second-order valence-electron chi connectivity index (χ2n) is 3.28. The molecule has 7 heteroatoms. The van der Waals surface area contributed by atoms with Crippen molar-refractivity contribution in [3.8, 4) is 0 Å². The first-order valence-electron chi connectivity index (χ1n) is 4.50. The van der Waals surface area contributed by atoms with Crippen molar-refractivity contribution in [3.05, 3.63) is 17.0 Å². The van der Waals surface area contributed by atoms with E-state index in [4.69, 9.17) is 0 Å². The van der Waals surface area contributed by atoms with E-state index in [0.29, 0.717) is 0 Å². The molecule has 0 aromatic carbocycles. The van der Waals surface area contributed by atoms with Crippen LogP contribution in [0.15, 0.2) is 0 Å². The van der Waals surface area contributed by atoms with Gasteiger partial charge in [0.05, 0.1) is 17.8 Å². The van der Waals surface area contributed by atoms with Crippen LogP contribution in [0.1, 0.15) is 21.7 Å². The van der Waals surface area contributed by atoms with Crippen LogP contribution >= 0.6 is 0 Å². The molecule has 0 unspecified atom stereocenters. The Morgan fingerprint density at radius 2 is 1.94 bits per heavy atom. The highest BCUT2D eigenvalue weighted by atomic mass is 19.4. The molecule has 0 N–H and O–H groups in total. The van der Waals surface area contributed by atoms with Gasteiger partial charge in [0, 0.05) is 5.69 Å². The number of Topliss-reactive ketones (excluding diaryl/α,β-unsaturated/α-hetero) is 1. The van der Waals surface area contributed by atoms with E-state index < -0.39 is 24.2 Å². The Kier molecular flexibility index (Phi) is 3.35. The molecule has 0 amide bonds. The number of aryl methyl sites for hydroxylation is 2. The number of halogens is 4. The molecule has 0 aliphatic carbocycles. The lowest BCUT2D eigenvalue weighted by Gasteiger charge is -2.05. The van der Waals surface area contributed by atoms with Crippen molar-refractivity contribution in [2.24, 2.45) is 0 Å². The minimum Gasteiger partial charge on any atom is -0.284 e. The summed E-state index contributed by atoms with van der Waals surface area (Å²) in [6.45, 7) is 1.70. The summed E-state index contributed by atoms with van der Waals surface area (Å²) in [5.41, 5.74) is -0.480. The van der Waals surface area contributed by atoms with Crippen LogP contribution in [0.2, 0.25) is 0 Å². The fourth-order valence-corrected chi connectivity index (χ4v) is 1.47. The number of carbonyl (C=O) groups excluding carboxylic acids is 1. The summed E-state index contributed by atoms with van der Waals surface area (Å²) in [5.74, 6) is -1.94. The summed E-state index contributed by atoms with van der Waals surface area (Å²) < 4.78 is 49.8. The number of carbonyl (C=O) groups is 1. The average Bonchev–Trinajstić information content (AvgIpc) is 2.40. The summed E-state index contributed by atoms with van der Waals surface area (Å²) in [6, 6.07) is 0. The predicted molar refractivity (Wildman–Crippen MR) is 48.1 cm³/mol. The second-order valence-corrected chi connectivity index (χ2v) is 3.28. The van der Waals surface area contributed by atoms with Gasteiger partial charge in [-0.25, -0.2) is 4.39 Å². The summed E-state index contributed by atoms with van der Waals surface area (Å²) in [4.78, 5) is 11.1. The van der Waals surface area contributed by atoms with Gasteiger partial charge in [-0.2, -0.15) is 18.3 Å². The highest BCUT2D eigenvalue weighted by Gasteiger charge is 2.42. The Labute approximate surface area is 89.1 Å². The Bertz CT molecular complexity index is 408. The third kappa shape index (κ3) is 2.23. The van der Waals surface area contributed by atoms with Crippen LogP contribution in [0.25, 0.3) is 0 Å². The Balaban J connectivity index is 3.20. The van der Waals surface area contributed by atoms with Crippen molar-refractivity contribution in [3.63, 3.8) is 0 Å². The standard InChI is InChI=1S/C9H10F4N2O/c1-5-7(8(16)9(11,12)13)6(2)15(14-5)4-3-10/h3-4H2,1-2H3. The first kappa shape index (κ1) is 12.7. The quantitative estimate of drug-likeness (QED) is 0.597. The molecule has 0 fully saturated rings. The van der Waals surface area contributed by atoms with Crippen LogP contribution in [-0.4, -0.2) is 28.4 Å². The number of hydrogen-bond donors (Lipinski definition) is 0. The van der Waals surface area contributed by atoms with Gasteiger partial charge in [-0.1, -0.05) is 0 Å². The van der Waals surface area contributed by atoms with E-state index in [1.54, 1.807) is 0 Å². The van der Waals surface area contributed by atoms with Crippen molar-refractivity contribution in [2.45, 2.75) is 26.6 Å². The fourth-order valence-electron chi connectivity index (χ4n) is 1.47. The van der Waals surface area contributed by atoms with Crippen LogP contribution < -0.4 is 0 Å². The van der Waals surface area contributed by atoms with Crippen molar-refractivity contribution >= 4 is 5.78 Å². The van der Waals surface area contributed by atoms with Gasteiger partial charge in [0.25, 0.3) is 5.78 Å². The summed E-state index contributed by atoms with van der Waals surface area (Å²) in [6.07, 6.45) is -4.93. The Hall–Kier alpha value is -1.40. The second kappa shape index (κ2) is 4.23. The number of rotatable bonds is 3. The topological polar surface area (TPSA) is 34.9 Å². The average molecular weight is 238 g/mol. The SMILES string of the molecule is Cc1nn(CCF)c(C)c1C(=O)C(F)(F)F. The van der Waals surface area contributed by atoms with Crippen molar-refractivity contribution in [1.82, 2.24) is 9.78 Å². The summed E-state index contributed by atoms with van der Waals surface area (Å²) in [5, 5.41) is 3.69. The van der Waals surface area contributed by atoms with Gasteiger partial charge in [0.2, 0.25) is 0 Å². The Morgan fingerprint density at radius 1 is 1.38 bits per heavy atom. The van der Waals surface area contributed by atoms with Crippen LogP contribution in [0, 0.1) is 13.8 Å². The van der Waals surface area contributed by atoms with Crippen LogP contribution in [0.4, 0.5) is 17.6 Å². The molecule has 0 spiro atoms. The normalized spacial score (nSPS) is 11.9. The summed E-state index contributed by atoms with van der Waals surface area (Å²) in [7, 11) is 0. The number of ketones is 1. The van der Waals surface area contributed by atoms with Gasteiger partial charge in [-0.15, -0.1) is 0 Å². The van der Waals surface area contributed by atoms with E-state index in [-0.39, 0.29) is 17.9 Å². The molecule has 0 saturated heterocycles. The zero-order valence-corrected chi connectivity index (χ0v) is 8.73. The van der Waals surface area contributed by atoms with E-state index in [1.165, 1.54) is 13.8 Å². The number of aromatic nitrogens is 2. The molecule has 1 heterocycles. The van der Waals surface area contributed by atoms with Crippen molar-refractivity contribution < 1.29 is 22.4 Å². The third-order valence-corrected chi connectivity index (χ3v) is 2.16. The van der Waals surface area contributed by atoms with Crippen LogP contribution in [0.3, 0.4) is 0 Å². The molecule has 90 valence electrons. The molecule has 3 nitrogen and oxygen atoms in total. The van der Waals surface area contributed by atoms with Crippen molar-refractivity contribution in [1.29, 1.82) is 0 Å². The fraction of sp³-hybridized carbons (Fsp3) is 0.556. The smallest absolute Gasteiger partial charge is 0.284 e. The summed E-state index contributed by atoms with van der Waals surface area (Å²) >= 11 is 0. The molecule has 1 aromatic heterocycles. The molecule has 0 bridgehead atoms. The largest absolute Gasteiger partial charge is 0.455 e. The van der Waals surface area contributed by atoms with Gasteiger partial charge < -0.3 is 0 Å². The van der Waals surface area contributed by atoms with E-state index >= 15 is 0 Å². The number of nitrogens with zero attached hydrogens (tertiary/aromatic N) is 2. The molecule has 0 atom stereocenters. The first-order chi connectivity index (χ1) is 7.29. The maximum atomic E-state index is 12.2. The van der Waals surface area contributed by atoms with Gasteiger partial charge >= 0.3 is 6.18 Å². The number of alkyl halides is 4. The van der Waals surface area contributed by atoms with Gasteiger partial charge in [-0.05, 0) is 13.8 Å². The molecule has 1 aromatic rings. The zero-order valence-electron chi connectivity index (χ0n) is 8.73. The lowest BCUT2D eigenvalue weighted by molar-refractivity contribution is -0.0886. The van der Waals surface area contributed by atoms with Gasteiger partial charge in [0.15, 0.2) is 0 Å². The minimum absolute atomic E-state index is 0.0340. The first-order valence-corrected chi connectivity index (χ1v) is 4.50. The third-order valence-electron chi connectivity index (χ3n) is 2.16. The molecule has 0 radical (unpaired) electrons. The van der Waals surface area contributed by atoms with E-state index in [2.05, 4.69) is 5.10 Å². The van der Waals surface area contributed by atoms with Gasteiger partial charge in [-0.3, -0.25) is 9.48 Å². The van der Waals surface area contributed by atoms with E-state index in [1.807, 2.05) is 0 Å². The number of hydrogen-bond acceptors (Lipinski definition) is 2. The molecular formula is C9H10F4N2O. The van der Waals surface area contributed by atoms with Crippen LogP contribution in [0.5, 0.6) is 0 Å². The van der Waals surface area contributed by atoms with Crippen LogP contribution in [-0.2, 0) is 6.54 Å². The lowest BCUT2D eigenvalue weighted by Crippen LogP contribution is -2.24. The molecule has 0 aliphatic heterocycles. The van der Waals surface area contributed by atoms with Gasteiger partial charge in [0.1, 0.15) is 6.67 Å². The molecule has 0 saturated carbocycles. The maximum Gasteiger partial charge on any atom is 0.455 e. The lowest BCUT2D eigenvalue weighted by atomic mass is 10.1. The maximum absolute atomic E-state index is 12.2. The molecule has 0 aliphatic rings.